The van der Waals surface area contributed by atoms with Crippen molar-refractivity contribution in [3.05, 3.63) is 53.4 Å². The molecule has 0 radical (unpaired) electrons. The highest BCUT2D eigenvalue weighted by molar-refractivity contribution is 6.32. The lowest BCUT2D eigenvalue weighted by molar-refractivity contribution is -0.123. The molecule has 0 aliphatic heterocycles. The van der Waals surface area contributed by atoms with Gasteiger partial charge in [0, 0.05) is 5.69 Å². The number of nitrogens with zero attached hydrogens (tertiary/aromatic N) is 1. The molecule has 0 aliphatic rings. The summed E-state index contributed by atoms with van der Waals surface area (Å²) in [6.07, 6.45) is 0.282. The number of aromatic nitrogens is 1. The van der Waals surface area contributed by atoms with Crippen molar-refractivity contribution in [3.63, 3.8) is 0 Å². The van der Waals surface area contributed by atoms with Gasteiger partial charge in [-0.05, 0) is 43.3 Å². The number of halogens is 1. The zero-order chi connectivity index (χ0) is 18.7. The molecular formula is C18H15ClN2O5. The first-order valence-corrected chi connectivity index (χ1v) is 8.04. The zero-order valence-electron chi connectivity index (χ0n) is 14.0. The second-order valence-electron chi connectivity index (χ2n) is 5.42. The van der Waals surface area contributed by atoms with Gasteiger partial charge < -0.3 is 19.2 Å². The molecule has 0 saturated heterocycles. The third-order valence-corrected chi connectivity index (χ3v) is 3.93. The second-order valence-corrected chi connectivity index (χ2v) is 5.83. The molecule has 0 aliphatic carbocycles. The number of hydrogen-bond acceptors (Lipinski definition) is 6. The van der Waals surface area contributed by atoms with E-state index in [-0.39, 0.29) is 5.56 Å². The van der Waals surface area contributed by atoms with Gasteiger partial charge in [-0.3, -0.25) is 4.79 Å². The standard InChI is InChI=1S/C18H15ClN2O5/c1-10(17(22)21-12-4-6-15(24-2)13(19)8-12)26-18(23)11-3-5-14-16(7-11)25-9-20-14/h3-10H,1-2H3,(H,21,22). The van der Waals surface area contributed by atoms with E-state index in [9.17, 15) is 9.59 Å². The molecule has 0 fully saturated rings. The van der Waals surface area contributed by atoms with E-state index in [1.165, 1.54) is 26.5 Å². The summed E-state index contributed by atoms with van der Waals surface area (Å²) in [6, 6.07) is 9.51. The van der Waals surface area contributed by atoms with E-state index >= 15 is 0 Å². The van der Waals surface area contributed by atoms with Gasteiger partial charge in [-0.15, -0.1) is 0 Å². The van der Waals surface area contributed by atoms with E-state index in [1.807, 2.05) is 0 Å². The molecule has 1 amide bonds. The van der Waals surface area contributed by atoms with Gasteiger partial charge in [-0.25, -0.2) is 9.78 Å². The van der Waals surface area contributed by atoms with Crippen LogP contribution < -0.4 is 10.1 Å². The van der Waals surface area contributed by atoms with Gasteiger partial charge >= 0.3 is 5.97 Å². The predicted molar refractivity (Wildman–Crippen MR) is 95.5 cm³/mol. The van der Waals surface area contributed by atoms with Crippen molar-refractivity contribution in [3.8, 4) is 5.75 Å². The molecule has 134 valence electrons. The third-order valence-electron chi connectivity index (χ3n) is 3.64. The SMILES string of the molecule is COc1ccc(NC(=O)C(C)OC(=O)c2ccc3ncoc3c2)cc1Cl. The van der Waals surface area contributed by atoms with Crippen LogP contribution in [0.2, 0.25) is 5.02 Å². The van der Waals surface area contributed by atoms with Crippen LogP contribution in [-0.2, 0) is 9.53 Å². The van der Waals surface area contributed by atoms with Crippen LogP contribution in [0.5, 0.6) is 5.75 Å². The van der Waals surface area contributed by atoms with Crippen molar-refractivity contribution in [2.75, 3.05) is 12.4 Å². The molecule has 7 nitrogen and oxygen atoms in total. The van der Waals surface area contributed by atoms with Crippen molar-refractivity contribution < 1.29 is 23.5 Å². The molecule has 1 heterocycles. The van der Waals surface area contributed by atoms with E-state index < -0.39 is 18.0 Å². The fraction of sp³-hybridized carbons (Fsp3) is 0.167. The molecule has 26 heavy (non-hydrogen) atoms. The van der Waals surface area contributed by atoms with Gasteiger partial charge in [-0.2, -0.15) is 0 Å². The van der Waals surface area contributed by atoms with E-state index in [1.54, 1.807) is 30.3 Å². The van der Waals surface area contributed by atoms with E-state index in [0.29, 0.717) is 27.6 Å². The first-order valence-electron chi connectivity index (χ1n) is 7.66. The highest BCUT2D eigenvalue weighted by Crippen LogP contribution is 2.27. The second kappa shape index (κ2) is 7.45. The Morgan fingerprint density at radius 2 is 2.04 bits per heavy atom. The molecule has 1 aromatic heterocycles. The topological polar surface area (TPSA) is 90.7 Å². The number of amides is 1. The average molecular weight is 375 g/mol. The van der Waals surface area contributed by atoms with Crippen LogP contribution >= 0.6 is 11.6 Å². The summed E-state index contributed by atoms with van der Waals surface area (Å²) < 4.78 is 15.4. The van der Waals surface area contributed by atoms with E-state index in [4.69, 9.17) is 25.5 Å². The molecule has 1 unspecified atom stereocenters. The van der Waals surface area contributed by atoms with Gasteiger partial charge in [-0.1, -0.05) is 11.6 Å². The monoisotopic (exact) mass is 374 g/mol. The molecule has 0 spiro atoms. The molecule has 3 aromatic rings. The summed E-state index contributed by atoms with van der Waals surface area (Å²) in [5.41, 5.74) is 1.82. The molecular weight excluding hydrogens is 360 g/mol. The van der Waals surface area contributed by atoms with Crippen molar-refractivity contribution >= 4 is 40.3 Å². The zero-order valence-corrected chi connectivity index (χ0v) is 14.7. The average Bonchev–Trinajstić information content (AvgIpc) is 3.09. The number of carbonyl (C=O) groups excluding carboxylic acids is 2. The summed E-state index contributed by atoms with van der Waals surface area (Å²) in [5, 5.41) is 2.99. The van der Waals surface area contributed by atoms with Crippen molar-refractivity contribution in [2.24, 2.45) is 0 Å². The van der Waals surface area contributed by atoms with Crippen LogP contribution in [0.3, 0.4) is 0 Å². The van der Waals surface area contributed by atoms with Gasteiger partial charge in [0.05, 0.1) is 17.7 Å². The number of esters is 1. The van der Waals surface area contributed by atoms with E-state index in [0.717, 1.165) is 0 Å². The minimum absolute atomic E-state index is 0.265. The lowest BCUT2D eigenvalue weighted by Gasteiger charge is -2.14. The van der Waals surface area contributed by atoms with Gasteiger partial charge in [0.1, 0.15) is 11.3 Å². The number of ether oxygens (including phenoxy) is 2. The Labute approximate surface area is 153 Å². The molecule has 3 rings (SSSR count). The van der Waals surface area contributed by atoms with Gasteiger partial charge in [0.2, 0.25) is 0 Å². The largest absolute Gasteiger partial charge is 0.495 e. The lowest BCUT2D eigenvalue weighted by atomic mass is 10.2. The Hall–Kier alpha value is -3.06. The lowest BCUT2D eigenvalue weighted by Crippen LogP contribution is -2.30. The van der Waals surface area contributed by atoms with Crippen LogP contribution in [0.25, 0.3) is 11.1 Å². The van der Waals surface area contributed by atoms with Crippen LogP contribution in [0, 0.1) is 0 Å². The van der Waals surface area contributed by atoms with E-state index in [2.05, 4.69) is 10.3 Å². The number of carbonyl (C=O) groups is 2. The minimum atomic E-state index is -1.01. The number of fused-ring (bicyclic) bond motifs is 1. The molecule has 8 heteroatoms. The summed E-state index contributed by atoms with van der Waals surface area (Å²) in [5.74, 6) is -0.633. The third kappa shape index (κ3) is 3.78. The Morgan fingerprint density at radius 3 is 2.77 bits per heavy atom. The Bertz CT molecular complexity index is 969. The van der Waals surface area contributed by atoms with Crippen molar-refractivity contribution in [1.29, 1.82) is 0 Å². The smallest absolute Gasteiger partial charge is 0.339 e. The molecule has 2 aromatic carbocycles. The fourth-order valence-electron chi connectivity index (χ4n) is 2.25. The maximum absolute atomic E-state index is 12.2. The number of anilines is 1. The fourth-order valence-corrected chi connectivity index (χ4v) is 2.51. The first-order chi connectivity index (χ1) is 12.5. The minimum Gasteiger partial charge on any atom is -0.495 e. The number of hydrogen-bond donors (Lipinski definition) is 1. The number of methoxy groups -OCH3 is 1. The number of nitrogens with one attached hydrogen (secondary N) is 1. The normalized spacial score (nSPS) is 11.8. The predicted octanol–water partition coefficient (Wildman–Crippen LogP) is 3.67. The molecule has 1 atom stereocenters. The van der Waals surface area contributed by atoms with Crippen LogP contribution in [-0.4, -0.2) is 30.1 Å². The molecule has 1 N–H and O–H groups in total. The van der Waals surface area contributed by atoms with Crippen molar-refractivity contribution in [2.45, 2.75) is 13.0 Å². The Balaban J connectivity index is 1.64. The summed E-state index contributed by atoms with van der Waals surface area (Å²) >= 11 is 6.02. The maximum atomic E-state index is 12.2. The van der Waals surface area contributed by atoms with Crippen LogP contribution in [0.4, 0.5) is 5.69 Å². The maximum Gasteiger partial charge on any atom is 0.339 e. The Morgan fingerprint density at radius 1 is 1.23 bits per heavy atom. The van der Waals surface area contributed by atoms with Crippen LogP contribution in [0.15, 0.2) is 47.2 Å². The van der Waals surface area contributed by atoms with Gasteiger partial charge in [0.15, 0.2) is 18.1 Å². The molecule has 0 saturated carbocycles. The van der Waals surface area contributed by atoms with Crippen molar-refractivity contribution in [1.82, 2.24) is 4.98 Å². The quantitative estimate of drug-likeness (QED) is 0.685. The highest BCUT2D eigenvalue weighted by atomic mass is 35.5. The first kappa shape index (κ1) is 17.8. The van der Waals surface area contributed by atoms with Crippen LogP contribution in [0.1, 0.15) is 17.3 Å². The Kier molecular flexibility index (Phi) is 5.09. The summed E-state index contributed by atoms with van der Waals surface area (Å²) in [7, 11) is 1.50. The number of oxazole rings is 1. The number of benzene rings is 2. The summed E-state index contributed by atoms with van der Waals surface area (Å²) in [6.45, 7) is 1.48. The molecule has 0 bridgehead atoms. The van der Waals surface area contributed by atoms with Gasteiger partial charge in [0.25, 0.3) is 5.91 Å². The summed E-state index contributed by atoms with van der Waals surface area (Å²) in [4.78, 5) is 28.4. The number of rotatable bonds is 5. The highest BCUT2D eigenvalue weighted by Gasteiger charge is 2.20.